The van der Waals surface area contributed by atoms with Crippen molar-refractivity contribution in [2.75, 3.05) is 12.8 Å². The summed E-state index contributed by atoms with van der Waals surface area (Å²) in [7, 11) is 1.51. The van der Waals surface area contributed by atoms with Gasteiger partial charge >= 0.3 is 6.09 Å². The Morgan fingerprint density at radius 1 is 1.39 bits per heavy atom. The number of nitrogens with zero attached hydrogens (tertiary/aromatic N) is 2. The zero-order valence-corrected chi connectivity index (χ0v) is 13.5. The fourth-order valence-electron chi connectivity index (χ4n) is 1.86. The molecule has 1 aromatic carbocycles. The first-order valence-electron chi connectivity index (χ1n) is 7.02. The first kappa shape index (κ1) is 16.6. The van der Waals surface area contributed by atoms with Crippen molar-refractivity contribution in [2.45, 2.75) is 32.9 Å². The molecule has 1 amide bonds. The van der Waals surface area contributed by atoms with E-state index in [0.29, 0.717) is 22.8 Å². The average Bonchev–Trinajstić information content (AvgIpc) is 2.91. The molecule has 0 atom stereocenters. The summed E-state index contributed by atoms with van der Waals surface area (Å²) in [6.07, 6.45) is -0.557. The van der Waals surface area contributed by atoms with E-state index < -0.39 is 11.7 Å². The number of benzene rings is 1. The van der Waals surface area contributed by atoms with Gasteiger partial charge in [0, 0.05) is 0 Å². The zero-order valence-electron chi connectivity index (χ0n) is 13.5. The van der Waals surface area contributed by atoms with Crippen LogP contribution in [0.5, 0.6) is 5.75 Å². The number of amides is 1. The highest BCUT2D eigenvalue weighted by Gasteiger charge is 2.18. The second-order valence-corrected chi connectivity index (χ2v) is 5.80. The quantitative estimate of drug-likeness (QED) is 0.831. The first-order chi connectivity index (χ1) is 10.8. The number of aromatic nitrogens is 2. The molecule has 0 fully saturated rings. The monoisotopic (exact) mass is 320 g/mol. The molecule has 124 valence electrons. The normalized spacial score (nSPS) is 11.1. The number of hydrogen-bond donors (Lipinski definition) is 2. The van der Waals surface area contributed by atoms with Crippen LogP contribution >= 0.6 is 0 Å². The van der Waals surface area contributed by atoms with Gasteiger partial charge in [0.15, 0.2) is 5.75 Å². The fourth-order valence-corrected chi connectivity index (χ4v) is 1.86. The van der Waals surface area contributed by atoms with E-state index in [1.165, 1.54) is 7.11 Å². The Hall–Kier alpha value is -2.77. The van der Waals surface area contributed by atoms with Gasteiger partial charge in [-0.25, -0.2) is 4.79 Å². The van der Waals surface area contributed by atoms with Crippen LogP contribution in [0.25, 0.3) is 11.4 Å². The molecule has 8 nitrogen and oxygen atoms in total. The topological polar surface area (TPSA) is 112 Å². The number of rotatable bonds is 4. The summed E-state index contributed by atoms with van der Waals surface area (Å²) in [5, 5.41) is 6.42. The highest BCUT2D eigenvalue weighted by molar-refractivity contribution is 5.73. The Bertz CT molecular complexity index is 691. The number of ether oxygens (including phenoxy) is 2. The molecule has 2 aromatic rings. The molecule has 8 heteroatoms. The number of nitrogens with one attached hydrogen (secondary N) is 1. The van der Waals surface area contributed by atoms with Crippen molar-refractivity contribution in [1.82, 2.24) is 15.5 Å². The van der Waals surface area contributed by atoms with Gasteiger partial charge in [-0.3, -0.25) is 0 Å². The highest BCUT2D eigenvalue weighted by Crippen LogP contribution is 2.32. The molecular formula is C15H20N4O4. The number of nitrogen functional groups attached to an aromatic ring is 1. The summed E-state index contributed by atoms with van der Waals surface area (Å²) in [5.74, 6) is 1.05. The van der Waals surface area contributed by atoms with Crippen molar-refractivity contribution in [3.63, 3.8) is 0 Å². The fraction of sp³-hybridized carbons (Fsp3) is 0.400. The molecule has 2 rings (SSSR count). The zero-order chi connectivity index (χ0) is 17.0. The molecule has 0 radical (unpaired) electrons. The molecule has 0 unspecified atom stereocenters. The minimum absolute atomic E-state index is 0.0620. The summed E-state index contributed by atoms with van der Waals surface area (Å²) in [5.41, 5.74) is 6.36. The first-order valence-corrected chi connectivity index (χ1v) is 7.02. The van der Waals surface area contributed by atoms with E-state index in [9.17, 15) is 4.79 Å². The lowest BCUT2D eigenvalue weighted by molar-refractivity contribution is 0.0518. The summed E-state index contributed by atoms with van der Waals surface area (Å²) in [6, 6.07) is 5.25. The van der Waals surface area contributed by atoms with Gasteiger partial charge < -0.3 is 25.0 Å². The van der Waals surface area contributed by atoms with E-state index >= 15 is 0 Å². The predicted molar refractivity (Wildman–Crippen MR) is 83.8 cm³/mol. The van der Waals surface area contributed by atoms with Crippen LogP contribution in [0.3, 0.4) is 0 Å². The summed E-state index contributed by atoms with van der Waals surface area (Å²) in [6.45, 7) is 5.41. The average molecular weight is 320 g/mol. The molecule has 0 aliphatic heterocycles. The molecule has 0 aliphatic carbocycles. The minimum atomic E-state index is -0.570. The standard InChI is InChI=1S/C15H20N4O4/c1-15(2,3)22-14(20)17-8-11-18-13(19-23-11)9-6-5-7-10(16)12(9)21-4/h5-7H,8,16H2,1-4H3,(H,17,20). The second kappa shape index (κ2) is 6.55. The lowest BCUT2D eigenvalue weighted by Crippen LogP contribution is -2.32. The Labute approximate surface area is 134 Å². The number of anilines is 1. The van der Waals surface area contributed by atoms with Gasteiger partial charge in [0.1, 0.15) is 12.1 Å². The number of nitrogens with two attached hydrogens (primary N) is 1. The minimum Gasteiger partial charge on any atom is -0.494 e. The van der Waals surface area contributed by atoms with Crippen molar-refractivity contribution in [2.24, 2.45) is 0 Å². The van der Waals surface area contributed by atoms with Gasteiger partial charge in [-0.2, -0.15) is 4.98 Å². The predicted octanol–water partition coefficient (Wildman–Crippen LogP) is 2.35. The molecule has 0 spiro atoms. The lowest BCUT2D eigenvalue weighted by Gasteiger charge is -2.19. The van der Waals surface area contributed by atoms with Crippen molar-refractivity contribution in [3.05, 3.63) is 24.1 Å². The van der Waals surface area contributed by atoms with E-state index in [1.54, 1.807) is 39.0 Å². The molecule has 0 aliphatic rings. The van der Waals surface area contributed by atoms with Crippen LogP contribution in [0, 0.1) is 0 Å². The maximum Gasteiger partial charge on any atom is 0.408 e. The SMILES string of the molecule is COc1c(N)cccc1-c1noc(CNC(=O)OC(C)(C)C)n1. The van der Waals surface area contributed by atoms with Gasteiger partial charge in [-0.05, 0) is 32.9 Å². The van der Waals surface area contributed by atoms with Crippen molar-refractivity contribution in [1.29, 1.82) is 0 Å². The maximum absolute atomic E-state index is 11.6. The van der Waals surface area contributed by atoms with Crippen LogP contribution in [0.2, 0.25) is 0 Å². The van der Waals surface area contributed by atoms with E-state index in [0.717, 1.165) is 0 Å². The molecule has 0 saturated heterocycles. The van der Waals surface area contributed by atoms with E-state index in [1.807, 2.05) is 0 Å². The maximum atomic E-state index is 11.6. The molecule has 0 saturated carbocycles. The van der Waals surface area contributed by atoms with E-state index in [4.69, 9.17) is 19.7 Å². The third-order valence-corrected chi connectivity index (χ3v) is 2.74. The molecule has 23 heavy (non-hydrogen) atoms. The number of hydrogen-bond acceptors (Lipinski definition) is 7. The Morgan fingerprint density at radius 3 is 2.78 bits per heavy atom. The van der Waals surface area contributed by atoms with E-state index in [-0.39, 0.29) is 12.4 Å². The van der Waals surface area contributed by atoms with Crippen LogP contribution in [-0.2, 0) is 11.3 Å². The number of para-hydroxylation sites is 1. The molecular weight excluding hydrogens is 300 g/mol. The van der Waals surface area contributed by atoms with Crippen molar-refractivity contribution in [3.8, 4) is 17.1 Å². The molecule has 1 heterocycles. The lowest BCUT2D eigenvalue weighted by atomic mass is 10.1. The van der Waals surface area contributed by atoms with E-state index in [2.05, 4.69) is 15.5 Å². The van der Waals surface area contributed by atoms with Crippen molar-refractivity contribution < 1.29 is 18.8 Å². The molecule has 1 aromatic heterocycles. The van der Waals surface area contributed by atoms with Crippen LogP contribution in [0.15, 0.2) is 22.7 Å². The van der Waals surface area contributed by atoms with Gasteiger partial charge in [0.25, 0.3) is 0 Å². The number of carbonyl (C=O) groups excluding carboxylic acids is 1. The number of methoxy groups -OCH3 is 1. The molecule has 0 bridgehead atoms. The summed E-state index contributed by atoms with van der Waals surface area (Å²) >= 11 is 0. The Kier molecular flexibility index (Phi) is 4.73. The Balaban J connectivity index is 2.07. The van der Waals surface area contributed by atoms with Crippen LogP contribution < -0.4 is 15.8 Å². The third-order valence-electron chi connectivity index (χ3n) is 2.74. The van der Waals surface area contributed by atoms with Gasteiger partial charge in [0.2, 0.25) is 11.7 Å². The van der Waals surface area contributed by atoms with Crippen LogP contribution in [0.1, 0.15) is 26.7 Å². The summed E-state index contributed by atoms with van der Waals surface area (Å²) in [4.78, 5) is 15.8. The third kappa shape index (κ3) is 4.35. The summed E-state index contributed by atoms with van der Waals surface area (Å²) < 4.78 is 15.5. The molecule has 3 N–H and O–H groups in total. The van der Waals surface area contributed by atoms with Crippen molar-refractivity contribution >= 4 is 11.8 Å². The van der Waals surface area contributed by atoms with Crippen LogP contribution in [0.4, 0.5) is 10.5 Å². The number of alkyl carbamates (subject to hydrolysis) is 1. The Morgan fingerprint density at radius 2 is 2.13 bits per heavy atom. The van der Waals surface area contributed by atoms with Gasteiger partial charge in [0.05, 0.1) is 18.4 Å². The number of carbonyl (C=O) groups is 1. The highest BCUT2D eigenvalue weighted by atomic mass is 16.6. The largest absolute Gasteiger partial charge is 0.494 e. The second-order valence-electron chi connectivity index (χ2n) is 5.80. The van der Waals surface area contributed by atoms with Gasteiger partial charge in [-0.15, -0.1) is 0 Å². The smallest absolute Gasteiger partial charge is 0.408 e. The van der Waals surface area contributed by atoms with Crippen LogP contribution in [-0.4, -0.2) is 28.9 Å². The van der Waals surface area contributed by atoms with Gasteiger partial charge in [-0.1, -0.05) is 11.2 Å².